The van der Waals surface area contributed by atoms with Crippen molar-refractivity contribution in [3.8, 4) is 78.0 Å². The third-order valence-electron chi connectivity index (χ3n) is 9.37. The lowest BCUT2D eigenvalue weighted by Gasteiger charge is -2.29. The van der Waals surface area contributed by atoms with E-state index in [0.29, 0.717) is 0 Å². The van der Waals surface area contributed by atoms with Gasteiger partial charge < -0.3 is 0 Å². The zero-order chi connectivity index (χ0) is 33.9. The van der Waals surface area contributed by atoms with Crippen molar-refractivity contribution in [1.29, 1.82) is 0 Å². The molecule has 0 fully saturated rings. The van der Waals surface area contributed by atoms with Crippen molar-refractivity contribution in [2.24, 2.45) is 0 Å². The van der Waals surface area contributed by atoms with Crippen LogP contribution < -0.4 is 0 Å². The van der Waals surface area contributed by atoms with E-state index in [1.165, 1.54) is 72.3 Å². The minimum absolute atomic E-state index is 0.955. The Balaban J connectivity index is 1.67. The highest BCUT2D eigenvalue weighted by molar-refractivity contribution is 6.15. The summed E-state index contributed by atoms with van der Waals surface area (Å²) < 4.78 is 0. The fourth-order valence-corrected chi connectivity index (χ4v) is 7.39. The predicted molar refractivity (Wildman–Crippen MR) is 212 cm³/mol. The number of aryl methyl sites for hydroxylation is 2. The van der Waals surface area contributed by atoms with Gasteiger partial charge in [0.1, 0.15) is 0 Å². The molecule has 8 aromatic rings. The monoisotopic (exact) mass is 639 g/mol. The van der Waals surface area contributed by atoms with E-state index in [9.17, 15) is 0 Å². The molecule has 1 aromatic heterocycles. The zero-order valence-electron chi connectivity index (χ0n) is 28.3. The molecule has 0 unspecified atom stereocenters. The number of aromatic nitrogens is 1. The second-order valence-electron chi connectivity index (χ2n) is 12.9. The zero-order valence-corrected chi connectivity index (χ0v) is 28.3. The first-order valence-corrected chi connectivity index (χ1v) is 17.2. The molecule has 50 heavy (non-hydrogen) atoms. The van der Waals surface area contributed by atoms with Gasteiger partial charge in [0.15, 0.2) is 0 Å². The van der Waals surface area contributed by atoms with Crippen molar-refractivity contribution in [1.82, 2.24) is 4.98 Å². The smallest absolute Gasteiger partial charge is 0.0702 e. The molecule has 0 aliphatic rings. The molecule has 1 heteroatoms. The first-order chi connectivity index (χ1) is 24.7. The standard InChI is InChI=1S/C49H37N/c1-34-30-35(2)32-42(31-34)49-47(39-24-13-6-14-25-39)45(37-20-9-4-10-21-37)44(36-18-7-3-8-19-36)46(38-22-11-5-12-23-38)48(49)41-27-17-26-40(33-41)43-28-15-16-29-50-43/h3-33H,1-2H3. The summed E-state index contributed by atoms with van der Waals surface area (Å²) in [7, 11) is 0. The van der Waals surface area contributed by atoms with Gasteiger partial charge in [0.25, 0.3) is 0 Å². The fourth-order valence-electron chi connectivity index (χ4n) is 7.39. The SMILES string of the molecule is Cc1cc(C)cc(-c2c(-c3ccccc3)c(-c3ccccc3)c(-c3ccccc3)c(-c3ccccc3)c2-c2cccc(-c3ccccn3)c2)c1. The molecule has 0 N–H and O–H groups in total. The summed E-state index contributed by atoms with van der Waals surface area (Å²) in [4.78, 5) is 4.75. The summed E-state index contributed by atoms with van der Waals surface area (Å²) in [5, 5.41) is 0. The molecular formula is C49H37N. The Labute approximate surface area is 295 Å². The van der Waals surface area contributed by atoms with Gasteiger partial charge in [0, 0.05) is 11.8 Å². The number of hydrogen-bond donors (Lipinski definition) is 0. The molecule has 0 aliphatic carbocycles. The highest BCUT2D eigenvalue weighted by Gasteiger charge is 2.29. The number of nitrogens with zero attached hydrogens (tertiary/aromatic N) is 1. The van der Waals surface area contributed by atoms with Gasteiger partial charge in [0.05, 0.1) is 5.69 Å². The van der Waals surface area contributed by atoms with Crippen molar-refractivity contribution < 1.29 is 0 Å². The van der Waals surface area contributed by atoms with Crippen LogP contribution in [0.25, 0.3) is 78.0 Å². The van der Waals surface area contributed by atoms with Crippen molar-refractivity contribution in [3.63, 3.8) is 0 Å². The highest BCUT2D eigenvalue weighted by atomic mass is 14.7. The van der Waals surface area contributed by atoms with E-state index in [-0.39, 0.29) is 0 Å². The average molecular weight is 640 g/mol. The Bertz CT molecular complexity index is 2380. The molecule has 1 nitrogen and oxygen atoms in total. The molecule has 0 aliphatic heterocycles. The van der Waals surface area contributed by atoms with Crippen LogP contribution in [0.1, 0.15) is 11.1 Å². The second-order valence-corrected chi connectivity index (χ2v) is 12.9. The molecule has 0 bridgehead atoms. The third kappa shape index (κ3) is 5.95. The van der Waals surface area contributed by atoms with Gasteiger partial charge in [-0.1, -0.05) is 175 Å². The topological polar surface area (TPSA) is 12.9 Å². The van der Waals surface area contributed by atoms with Gasteiger partial charge in [-0.15, -0.1) is 0 Å². The van der Waals surface area contributed by atoms with E-state index < -0.39 is 0 Å². The van der Waals surface area contributed by atoms with Gasteiger partial charge >= 0.3 is 0 Å². The fraction of sp³-hybridized carbons (Fsp3) is 0.0408. The minimum Gasteiger partial charge on any atom is -0.256 e. The van der Waals surface area contributed by atoms with Crippen LogP contribution in [0.4, 0.5) is 0 Å². The molecule has 238 valence electrons. The van der Waals surface area contributed by atoms with E-state index in [4.69, 9.17) is 4.98 Å². The predicted octanol–water partition coefficient (Wildman–Crippen LogP) is 13.4. The van der Waals surface area contributed by atoms with Crippen LogP contribution >= 0.6 is 0 Å². The van der Waals surface area contributed by atoms with Gasteiger partial charge in [0.2, 0.25) is 0 Å². The number of hydrogen-bond acceptors (Lipinski definition) is 1. The van der Waals surface area contributed by atoms with E-state index in [2.05, 4.69) is 190 Å². The van der Waals surface area contributed by atoms with Crippen LogP contribution in [-0.2, 0) is 0 Å². The Morgan fingerprint density at radius 2 is 0.640 bits per heavy atom. The van der Waals surface area contributed by atoms with Crippen molar-refractivity contribution in [2.75, 3.05) is 0 Å². The lowest BCUT2D eigenvalue weighted by Crippen LogP contribution is -2.02. The quantitative estimate of drug-likeness (QED) is 0.169. The average Bonchev–Trinajstić information content (AvgIpc) is 3.18. The van der Waals surface area contributed by atoms with E-state index in [1.807, 2.05) is 12.3 Å². The summed E-state index contributed by atoms with van der Waals surface area (Å²) in [5.41, 5.74) is 18.9. The van der Waals surface area contributed by atoms with E-state index in [1.54, 1.807) is 0 Å². The Hall–Kier alpha value is -6.31. The molecule has 0 spiro atoms. The number of rotatable bonds is 7. The maximum absolute atomic E-state index is 4.75. The molecule has 8 rings (SSSR count). The van der Waals surface area contributed by atoms with Gasteiger partial charge in [-0.25, -0.2) is 0 Å². The van der Waals surface area contributed by atoms with Crippen molar-refractivity contribution in [3.05, 3.63) is 199 Å². The highest BCUT2D eigenvalue weighted by Crippen LogP contribution is 2.56. The summed E-state index contributed by atoms with van der Waals surface area (Å²) in [6, 6.07) is 65.8. The van der Waals surface area contributed by atoms with Crippen molar-refractivity contribution >= 4 is 0 Å². The van der Waals surface area contributed by atoms with Gasteiger partial charge in [-0.2, -0.15) is 0 Å². The Kier molecular flexibility index (Phi) is 8.47. The Morgan fingerprint density at radius 3 is 1.06 bits per heavy atom. The van der Waals surface area contributed by atoms with Crippen LogP contribution in [0.2, 0.25) is 0 Å². The summed E-state index contributed by atoms with van der Waals surface area (Å²) in [6.07, 6.45) is 1.87. The van der Waals surface area contributed by atoms with Crippen molar-refractivity contribution in [2.45, 2.75) is 13.8 Å². The normalized spacial score (nSPS) is 11.0. The van der Waals surface area contributed by atoms with Gasteiger partial charge in [-0.05, 0) is 98.8 Å². The first kappa shape index (κ1) is 31.0. The van der Waals surface area contributed by atoms with Crippen LogP contribution in [0, 0.1) is 13.8 Å². The molecule has 0 saturated carbocycles. The molecule has 0 amide bonds. The molecule has 0 atom stereocenters. The third-order valence-corrected chi connectivity index (χ3v) is 9.37. The van der Waals surface area contributed by atoms with Crippen LogP contribution in [-0.4, -0.2) is 4.98 Å². The molecule has 1 heterocycles. The summed E-state index contributed by atoms with van der Waals surface area (Å²) >= 11 is 0. The van der Waals surface area contributed by atoms with Crippen LogP contribution in [0.5, 0.6) is 0 Å². The number of benzene rings is 7. The molecular weight excluding hydrogens is 603 g/mol. The van der Waals surface area contributed by atoms with Gasteiger partial charge in [-0.3, -0.25) is 4.98 Å². The van der Waals surface area contributed by atoms with Crippen LogP contribution in [0.3, 0.4) is 0 Å². The van der Waals surface area contributed by atoms with Crippen LogP contribution in [0.15, 0.2) is 188 Å². The maximum Gasteiger partial charge on any atom is 0.0702 e. The number of pyridine rings is 1. The summed E-state index contributed by atoms with van der Waals surface area (Å²) in [5.74, 6) is 0. The largest absolute Gasteiger partial charge is 0.256 e. The lowest BCUT2D eigenvalue weighted by molar-refractivity contribution is 1.33. The Morgan fingerprint density at radius 1 is 0.280 bits per heavy atom. The first-order valence-electron chi connectivity index (χ1n) is 17.2. The van der Waals surface area contributed by atoms with E-state index >= 15 is 0 Å². The molecule has 7 aromatic carbocycles. The summed E-state index contributed by atoms with van der Waals surface area (Å²) in [6.45, 7) is 4.41. The lowest BCUT2D eigenvalue weighted by atomic mass is 9.74. The molecule has 0 radical (unpaired) electrons. The molecule has 0 saturated heterocycles. The second kappa shape index (κ2) is 13.7. The van der Waals surface area contributed by atoms with E-state index in [0.717, 1.165) is 16.8 Å². The minimum atomic E-state index is 0.955. The maximum atomic E-state index is 4.75.